The van der Waals surface area contributed by atoms with E-state index in [9.17, 15) is 24.9 Å². The molecule has 3 N–H and O–H groups in total. The van der Waals surface area contributed by atoms with Crippen molar-refractivity contribution in [3.05, 3.63) is 40.7 Å². The second kappa shape index (κ2) is 5.39. The van der Waals surface area contributed by atoms with Gasteiger partial charge >= 0.3 is 5.97 Å². The van der Waals surface area contributed by atoms with Gasteiger partial charge in [0.2, 0.25) is 11.8 Å². The van der Waals surface area contributed by atoms with Crippen LogP contribution in [0.5, 0.6) is 17.6 Å². The summed E-state index contributed by atoms with van der Waals surface area (Å²) in [4.78, 5) is 27.7. The van der Waals surface area contributed by atoms with Crippen molar-refractivity contribution in [3.63, 3.8) is 0 Å². The number of carbonyl (C=O) groups excluding carboxylic acids is 1. The fourth-order valence-corrected chi connectivity index (χ4v) is 1.58. The number of hydrogen-bond donors (Lipinski definition) is 3. The highest BCUT2D eigenvalue weighted by Crippen LogP contribution is 2.18. The van der Waals surface area contributed by atoms with Gasteiger partial charge in [0.05, 0.1) is 6.42 Å². The van der Waals surface area contributed by atoms with Crippen LogP contribution in [-0.2, 0) is 11.3 Å². The Bertz CT molecular complexity index is 668. The highest BCUT2D eigenvalue weighted by atomic mass is 16.7. The Balaban J connectivity index is 2.01. The first-order chi connectivity index (χ1) is 9.49. The number of aromatic nitrogens is 2. The number of carbonyl (C=O) groups is 1. The molecular weight excluding hydrogens is 268 g/mol. The fraction of sp³-hybridized carbons (Fsp3) is 0.167. The number of hydrogen-bond acceptors (Lipinski definition) is 6. The first-order valence-electron chi connectivity index (χ1n) is 5.68. The SMILES string of the molecule is O=C(CCn1c(O)cccc1=O)On1c(O)ccc1O. The van der Waals surface area contributed by atoms with Gasteiger partial charge in [0, 0.05) is 24.7 Å². The van der Waals surface area contributed by atoms with E-state index in [1.54, 1.807) is 0 Å². The van der Waals surface area contributed by atoms with Crippen LogP contribution in [0, 0.1) is 0 Å². The minimum absolute atomic E-state index is 0.0901. The summed E-state index contributed by atoms with van der Waals surface area (Å²) in [6.45, 7) is -0.0901. The highest BCUT2D eigenvalue weighted by Gasteiger charge is 2.13. The maximum atomic E-state index is 11.5. The molecule has 2 aromatic rings. The van der Waals surface area contributed by atoms with Crippen LogP contribution >= 0.6 is 0 Å². The summed E-state index contributed by atoms with van der Waals surface area (Å²) in [5.41, 5.74) is -0.454. The van der Waals surface area contributed by atoms with E-state index in [2.05, 4.69) is 0 Å². The van der Waals surface area contributed by atoms with Gasteiger partial charge in [0.25, 0.3) is 5.56 Å². The van der Waals surface area contributed by atoms with Gasteiger partial charge < -0.3 is 20.2 Å². The Morgan fingerprint density at radius 3 is 2.30 bits per heavy atom. The van der Waals surface area contributed by atoms with Gasteiger partial charge in [-0.15, -0.1) is 4.73 Å². The lowest BCUT2D eigenvalue weighted by molar-refractivity contribution is -0.145. The molecular formula is C12H12N2O6. The molecule has 0 aliphatic rings. The minimum atomic E-state index is -0.790. The van der Waals surface area contributed by atoms with Crippen molar-refractivity contribution in [1.82, 2.24) is 9.30 Å². The molecule has 0 saturated heterocycles. The lowest BCUT2D eigenvalue weighted by atomic mass is 10.4. The Hall–Kier alpha value is -2.90. The molecule has 106 valence electrons. The summed E-state index contributed by atoms with van der Waals surface area (Å²) < 4.78 is 1.55. The van der Waals surface area contributed by atoms with E-state index in [0.717, 1.165) is 16.7 Å². The van der Waals surface area contributed by atoms with Crippen molar-refractivity contribution in [3.8, 4) is 17.6 Å². The van der Waals surface area contributed by atoms with Crippen molar-refractivity contribution in [2.24, 2.45) is 0 Å². The average Bonchev–Trinajstić information content (AvgIpc) is 2.70. The van der Waals surface area contributed by atoms with Crippen LogP contribution in [0.2, 0.25) is 0 Å². The Labute approximate surface area is 112 Å². The lowest BCUT2D eigenvalue weighted by Gasteiger charge is -2.09. The van der Waals surface area contributed by atoms with Gasteiger partial charge in [0.1, 0.15) is 0 Å². The molecule has 8 nitrogen and oxygen atoms in total. The van der Waals surface area contributed by atoms with E-state index < -0.39 is 23.3 Å². The summed E-state index contributed by atoms with van der Waals surface area (Å²) in [6.07, 6.45) is -0.228. The largest absolute Gasteiger partial charge is 0.494 e. The third-order valence-corrected chi connectivity index (χ3v) is 2.56. The van der Waals surface area contributed by atoms with Crippen molar-refractivity contribution in [1.29, 1.82) is 0 Å². The number of rotatable bonds is 4. The second-order valence-electron chi connectivity index (χ2n) is 3.93. The molecule has 0 fully saturated rings. The van der Waals surface area contributed by atoms with Crippen LogP contribution in [0.25, 0.3) is 0 Å². The number of aromatic hydroxyl groups is 3. The lowest BCUT2D eigenvalue weighted by Crippen LogP contribution is -2.24. The summed E-state index contributed by atoms with van der Waals surface area (Å²) in [5, 5.41) is 28.0. The highest BCUT2D eigenvalue weighted by molar-refractivity contribution is 5.69. The van der Waals surface area contributed by atoms with E-state index in [-0.39, 0.29) is 18.8 Å². The molecule has 0 aliphatic heterocycles. The molecule has 0 spiro atoms. The number of pyridine rings is 1. The van der Waals surface area contributed by atoms with Gasteiger partial charge in [-0.05, 0) is 6.07 Å². The molecule has 8 heteroatoms. The van der Waals surface area contributed by atoms with Gasteiger partial charge in [-0.25, -0.2) is 4.79 Å². The monoisotopic (exact) mass is 280 g/mol. The quantitative estimate of drug-likeness (QED) is 0.715. The number of nitrogens with zero attached hydrogens (tertiary/aromatic N) is 2. The van der Waals surface area contributed by atoms with E-state index in [1.165, 1.54) is 18.2 Å². The Morgan fingerprint density at radius 1 is 1.05 bits per heavy atom. The van der Waals surface area contributed by atoms with Crippen molar-refractivity contribution < 1.29 is 25.0 Å². The zero-order chi connectivity index (χ0) is 14.7. The van der Waals surface area contributed by atoms with Crippen LogP contribution in [0.1, 0.15) is 6.42 Å². The Kier molecular flexibility index (Phi) is 3.65. The Morgan fingerprint density at radius 2 is 1.70 bits per heavy atom. The van der Waals surface area contributed by atoms with Gasteiger partial charge in [0.15, 0.2) is 5.88 Å². The molecule has 2 heterocycles. The summed E-state index contributed by atoms with van der Waals surface area (Å²) in [6, 6.07) is 6.25. The summed E-state index contributed by atoms with van der Waals surface area (Å²) in [7, 11) is 0. The third kappa shape index (κ3) is 2.74. The smallest absolute Gasteiger partial charge is 0.335 e. The summed E-state index contributed by atoms with van der Waals surface area (Å²) >= 11 is 0. The van der Waals surface area contributed by atoms with Crippen LogP contribution < -0.4 is 10.4 Å². The van der Waals surface area contributed by atoms with Gasteiger partial charge in [-0.3, -0.25) is 9.36 Å². The molecule has 0 amide bonds. The molecule has 0 aromatic carbocycles. The van der Waals surface area contributed by atoms with Crippen LogP contribution in [-0.4, -0.2) is 30.6 Å². The van der Waals surface area contributed by atoms with Gasteiger partial charge in [-0.1, -0.05) is 6.07 Å². The zero-order valence-electron chi connectivity index (χ0n) is 10.3. The topological polar surface area (TPSA) is 114 Å². The van der Waals surface area contributed by atoms with Gasteiger partial charge in [-0.2, -0.15) is 0 Å². The van der Waals surface area contributed by atoms with Crippen molar-refractivity contribution >= 4 is 5.97 Å². The predicted octanol–water partition coefficient (Wildman–Crippen LogP) is -0.188. The third-order valence-electron chi connectivity index (χ3n) is 2.56. The van der Waals surface area contributed by atoms with E-state index >= 15 is 0 Å². The second-order valence-corrected chi connectivity index (χ2v) is 3.93. The molecule has 0 saturated carbocycles. The molecule has 20 heavy (non-hydrogen) atoms. The maximum Gasteiger partial charge on any atom is 0.335 e. The molecule has 0 aliphatic carbocycles. The van der Waals surface area contributed by atoms with Crippen molar-refractivity contribution in [2.75, 3.05) is 0 Å². The first kappa shape index (κ1) is 13.5. The molecule has 2 rings (SSSR count). The maximum absolute atomic E-state index is 11.5. The molecule has 0 atom stereocenters. The predicted molar refractivity (Wildman–Crippen MR) is 66.3 cm³/mol. The van der Waals surface area contributed by atoms with Crippen LogP contribution in [0.4, 0.5) is 0 Å². The average molecular weight is 280 g/mol. The van der Waals surface area contributed by atoms with E-state index in [4.69, 9.17) is 4.84 Å². The zero-order valence-corrected chi connectivity index (χ0v) is 10.3. The molecule has 0 radical (unpaired) electrons. The van der Waals surface area contributed by atoms with E-state index in [0.29, 0.717) is 4.73 Å². The van der Waals surface area contributed by atoms with Crippen LogP contribution in [0.3, 0.4) is 0 Å². The van der Waals surface area contributed by atoms with Crippen LogP contribution in [0.15, 0.2) is 35.1 Å². The summed E-state index contributed by atoms with van der Waals surface area (Å²) in [5.74, 6) is -1.93. The minimum Gasteiger partial charge on any atom is -0.494 e. The van der Waals surface area contributed by atoms with E-state index in [1.807, 2.05) is 0 Å². The van der Waals surface area contributed by atoms with Crippen molar-refractivity contribution in [2.45, 2.75) is 13.0 Å². The molecule has 2 aromatic heterocycles. The standard InChI is InChI=1S/C12H12N2O6/c15-8-2-1-3-9(16)13(8)7-6-12(19)20-14-10(17)4-5-11(14)18/h1-5,15,17-18H,6-7H2. The first-order valence-corrected chi connectivity index (χ1v) is 5.68. The molecule has 0 unspecified atom stereocenters. The molecule has 0 bridgehead atoms. The fourth-order valence-electron chi connectivity index (χ4n) is 1.58. The normalized spacial score (nSPS) is 10.4.